The molecule has 0 heterocycles. The van der Waals surface area contributed by atoms with Crippen molar-refractivity contribution >= 4 is 125 Å². The van der Waals surface area contributed by atoms with Gasteiger partial charge in [-0.15, -0.1) is 20.5 Å². The largest absolute Gasteiger partial charge is 0.504 e. The van der Waals surface area contributed by atoms with E-state index in [1.165, 1.54) is 18.2 Å². The van der Waals surface area contributed by atoms with Crippen LogP contribution in [0.3, 0.4) is 0 Å². The van der Waals surface area contributed by atoms with Gasteiger partial charge in [0.15, 0.2) is 5.75 Å². The molecule has 0 atom stereocenters. The first-order valence-corrected chi connectivity index (χ1v) is 19.6. The predicted molar refractivity (Wildman–Crippen MR) is 187 cm³/mol. The molecule has 0 saturated carbocycles. The summed E-state index contributed by atoms with van der Waals surface area (Å²) in [5.41, 5.74) is -0.185. The van der Waals surface area contributed by atoms with Crippen molar-refractivity contribution in [2.45, 2.75) is 19.6 Å². The summed E-state index contributed by atoms with van der Waals surface area (Å²) in [6.07, 6.45) is 0. The van der Waals surface area contributed by atoms with Gasteiger partial charge >= 0.3 is 0 Å². The summed E-state index contributed by atoms with van der Waals surface area (Å²) in [4.78, 5) is -2.76. The Kier molecular flexibility index (Phi) is 10.4. The number of hydrogen-bond acceptors (Lipinski definition) is 13. The first-order chi connectivity index (χ1) is 23.7. The molecule has 6 aromatic carbocycles. The molecule has 0 unspecified atom stereocenters. The summed E-state index contributed by atoms with van der Waals surface area (Å²) in [6, 6.07) is 18.6. The average molecular weight is 796 g/mol. The zero-order valence-corrected chi connectivity index (χ0v) is 31.4. The number of phenols is 1. The normalized spacial score (nSPS) is 13.0. The molecule has 0 spiro atoms. The third-order valence-electron chi connectivity index (χ3n) is 7.47. The number of nitrogens with zero attached hydrogens (tertiary/aromatic N) is 4. The fourth-order valence-corrected chi connectivity index (χ4v) is 7.32. The van der Waals surface area contributed by atoms with Gasteiger partial charge in [0.1, 0.15) is 10.6 Å². The van der Waals surface area contributed by atoms with Crippen molar-refractivity contribution in [3.05, 3.63) is 91.0 Å². The minimum atomic E-state index is -5.05. The van der Waals surface area contributed by atoms with E-state index in [0.29, 0.717) is 10.8 Å². The third-order valence-corrected chi connectivity index (χ3v) is 10.9. The van der Waals surface area contributed by atoms with Gasteiger partial charge in [0.25, 0.3) is 40.5 Å². The first kappa shape index (κ1) is 39.0. The van der Waals surface area contributed by atoms with Crippen LogP contribution in [0.25, 0.3) is 32.3 Å². The SMILES string of the molecule is O=S(=O)(O)c1ccc2c(N=Nc3ccc(N=Nc4c(O)c(S(=O)(=O)O)cc5cc(S(=O)(=O)O)ccc45)c4ccccc34)cc(S(=O)(=O)O)cc2c1.[Na]. The summed E-state index contributed by atoms with van der Waals surface area (Å²) < 4.78 is 133. The summed E-state index contributed by atoms with van der Waals surface area (Å²) in [5.74, 6) is -0.994. The van der Waals surface area contributed by atoms with Crippen LogP contribution in [0.15, 0.2) is 131 Å². The van der Waals surface area contributed by atoms with Gasteiger partial charge in [-0.3, -0.25) is 18.2 Å². The first-order valence-electron chi connectivity index (χ1n) is 13.8. The minimum Gasteiger partial charge on any atom is -0.504 e. The maximum Gasteiger partial charge on any atom is 0.298 e. The summed E-state index contributed by atoms with van der Waals surface area (Å²) >= 11 is 0. The molecule has 6 aromatic rings. The van der Waals surface area contributed by atoms with Crippen LogP contribution in [0, 0.1) is 0 Å². The summed E-state index contributed by atoms with van der Waals surface area (Å²) in [6.45, 7) is 0. The molecule has 5 N–H and O–H groups in total. The van der Waals surface area contributed by atoms with Crippen molar-refractivity contribution in [2.24, 2.45) is 20.5 Å². The van der Waals surface area contributed by atoms with Gasteiger partial charge in [0.2, 0.25) is 0 Å². The van der Waals surface area contributed by atoms with Gasteiger partial charge in [-0.2, -0.15) is 33.7 Å². The third kappa shape index (κ3) is 7.89. The number of rotatable bonds is 8. The van der Waals surface area contributed by atoms with Crippen molar-refractivity contribution in [2.75, 3.05) is 0 Å². The molecule has 0 aromatic heterocycles. The molecule has 17 nitrogen and oxygen atoms in total. The quantitative estimate of drug-likeness (QED) is 0.0644. The molecular weight excluding hydrogens is 776 g/mol. The molecule has 0 amide bonds. The fraction of sp³-hybridized carbons (Fsp3) is 0. The van der Waals surface area contributed by atoms with E-state index in [4.69, 9.17) is 0 Å². The van der Waals surface area contributed by atoms with Crippen LogP contribution in [0.2, 0.25) is 0 Å². The van der Waals surface area contributed by atoms with Gasteiger partial charge < -0.3 is 5.11 Å². The molecule has 22 heteroatoms. The second kappa shape index (κ2) is 13.9. The van der Waals surface area contributed by atoms with E-state index in [0.717, 1.165) is 48.5 Å². The van der Waals surface area contributed by atoms with E-state index < -0.39 is 71.5 Å². The smallest absolute Gasteiger partial charge is 0.298 e. The van der Waals surface area contributed by atoms with Crippen LogP contribution in [-0.4, -0.2) is 86.5 Å². The van der Waals surface area contributed by atoms with Crippen LogP contribution < -0.4 is 0 Å². The van der Waals surface area contributed by atoms with Crippen molar-refractivity contribution < 1.29 is 57.0 Å². The molecule has 0 bridgehead atoms. The molecule has 0 aliphatic heterocycles. The van der Waals surface area contributed by atoms with E-state index in [9.17, 15) is 57.0 Å². The number of azo groups is 2. The Balaban J connectivity index is 0.00000523. The van der Waals surface area contributed by atoms with Gasteiger partial charge in [0, 0.05) is 51.1 Å². The monoisotopic (exact) mass is 795 g/mol. The minimum absolute atomic E-state index is 0. The zero-order valence-electron chi connectivity index (χ0n) is 26.1. The van der Waals surface area contributed by atoms with Crippen molar-refractivity contribution in [1.29, 1.82) is 0 Å². The molecule has 0 saturated heterocycles. The summed E-state index contributed by atoms with van der Waals surface area (Å²) in [5, 5.41) is 28.3. The second-order valence-electron chi connectivity index (χ2n) is 10.7. The van der Waals surface area contributed by atoms with Crippen molar-refractivity contribution in [3.8, 4) is 5.75 Å². The standard InChI is InChI=1S/C30H20N4O13S4.Na/c35-30-28(51(45,46)47)14-17-12-19(49(39,40)41)6-8-22(17)29(30)34-32-26-10-9-25(23-3-1-2-4-24(23)26)31-33-27-15-20(50(42,43)44)13-16-11-18(48(36,37)38)5-7-21(16)27;/h1-15,35H,(H,36,37,38)(H,39,40,41)(H,42,43,44)(H,45,46,47);. The van der Waals surface area contributed by atoms with Crippen LogP contribution in [0.4, 0.5) is 22.7 Å². The van der Waals surface area contributed by atoms with Crippen molar-refractivity contribution in [3.63, 3.8) is 0 Å². The molecule has 263 valence electrons. The van der Waals surface area contributed by atoms with Crippen LogP contribution in [0.5, 0.6) is 5.75 Å². The fourth-order valence-electron chi connectivity index (χ4n) is 5.13. The number of aromatic hydroxyl groups is 1. The van der Waals surface area contributed by atoms with E-state index in [-0.39, 0.29) is 68.2 Å². The van der Waals surface area contributed by atoms with Crippen LogP contribution in [-0.2, 0) is 40.5 Å². The number of phenolic OH excluding ortho intramolecular Hbond substituents is 1. The molecule has 6 rings (SSSR count). The molecular formula is C30H20N4NaO13S4. The van der Waals surface area contributed by atoms with Gasteiger partial charge in [-0.1, -0.05) is 36.4 Å². The maximum absolute atomic E-state index is 12.0. The Morgan fingerprint density at radius 2 is 0.865 bits per heavy atom. The number of fused-ring (bicyclic) bond motifs is 3. The topological polar surface area (TPSA) is 287 Å². The van der Waals surface area contributed by atoms with Crippen LogP contribution >= 0.6 is 0 Å². The van der Waals surface area contributed by atoms with Crippen molar-refractivity contribution in [1.82, 2.24) is 0 Å². The second-order valence-corrected chi connectivity index (χ2v) is 16.4. The van der Waals surface area contributed by atoms with E-state index in [1.54, 1.807) is 24.3 Å². The van der Waals surface area contributed by atoms with E-state index in [2.05, 4.69) is 20.5 Å². The Labute approximate surface area is 316 Å². The Bertz CT molecular complexity index is 2990. The molecule has 0 fully saturated rings. The Hall–Kier alpha value is -4.26. The number of benzene rings is 6. The van der Waals surface area contributed by atoms with Gasteiger partial charge in [0.05, 0.1) is 31.7 Å². The molecule has 1 radical (unpaired) electrons. The number of hydrogen-bond donors (Lipinski definition) is 5. The Morgan fingerprint density at radius 1 is 0.423 bits per heavy atom. The predicted octanol–water partition coefficient (Wildman–Crippen LogP) is 6.29. The summed E-state index contributed by atoms with van der Waals surface area (Å²) in [7, 11) is -19.2. The van der Waals surface area contributed by atoms with E-state index in [1.807, 2.05) is 0 Å². The van der Waals surface area contributed by atoms with Gasteiger partial charge in [-0.05, 0) is 65.4 Å². The van der Waals surface area contributed by atoms with Crippen LogP contribution in [0.1, 0.15) is 0 Å². The molecule has 52 heavy (non-hydrogen) atoms. The van der Waals surface area contributed by atoms with Gasteiger partial charge in [-0.25, -0.2) is 0 Å². The van der Waals surface area contributed by atoms with E-state index >= 15 is 0 Å². The maximum atomic E-state index is 12.0. The molecule has 0 aliphatic rings. The molecule has 0 aliphatic carbocycles. The zero-order chi connectivity index (χ0) is 37.1. The Morgan fingerprint density at radius 3 is 1.37 bits per heavy atom. The average Bonchev–Trinajstić information content (AvgIpc) is 3.04.